The number of ether oxygens (including phenoxy) is 2. The molecule has 2 N–H and O–H groups in total. The first-order valence-corrected chi connectivity index (χ1v) is 8.58. The van der Waals surface area contributed by atoms with E-state index >= 15 is 0 Å². The highest BCUT2D eigenvalue weighted by atomic mass is 19.1. The van der Waals surface area contributed by atoms with Gasteiger partial charge in [0.2, 0.25) is 0 Å². The third-order valence-electron chi connectivity index (χ3n) is 4.44. The van der Waals surface area contributed by atoms with Crippen molar-refractivity contribution >= 4 is 6.09 Å². The van der Waals surface area contributed by atoms with Gasteiger partial charge in [-0.15, -0.1) is 0 Å². The predicted molar refractivity (Wildman–Crippen MR) is 93.0 cm³/mol. The van der Waals surface area contributed by atoms with Crippen molar-refractivity contribution in [3.63, 3.8) is 0 Å². The van der Waals surface area contributed by atoms with Crippen molar-refractivity contribution in [2.75, 3.05) is 13.2 Å². The van der Waals surface area contributed by atoms with E-state index in [9.17, 15) is 18.7 Å². The predicted octanol–water partition coefficient (Wildman–Crippen LogP) is 3.30. The van der Waals surface area contributed by atoms with Gasteiger partial charge in [-0.3, -0.25) is 0 Å². The molecule has 1 fully saturated rings. The standard InChI is InChI=1S/C19H27F2NO4/c1-17(2,3)26-16(24)22-19(12-8-6-7-9-14(12)20)11-25-15(13(19)10-23)18(4,5)21/h6-9,13,15,23H,10-11H2,1-5H3,(H,22,24)/t13-,15+,19-/m1/s1. The van der Waals surface area contributed by atoms with E-state index in [1.807, 2.05) is 0 Å². The van der Waals surface area contributed by atoms with E-state index in [0.29, 0.717) is 0 Å². The summed E-state index contributed by atoms with van der Waals surface area (Å²) in [5.74, 6) is -1.48. The summed E-state index contributed by atoms with van der Waals surface area (Å²) < 4.78 is 40.1. The van der Waals surface area contributed by atoms with Gasteiger partial charge in [-0.25, -0.2) is 13.6 Å². The van der Waals surface area contributed by atoms with Crippen molar-refractivity contribution in [1.82, 2.24) is 5.32 Å². The quantitative estimate of drug-likeness (QED) is 0.852. The van der Waals surface area contributed by atoms with Crippen molar-refractivity contribution in [3.05, 3.63) is 35.6 Å². The molecular formula is C19H27F2NO4. The Hall–Kier alpha value is -1.73. The second kappa shape index (κ2) is 7.12. The maximum atomic E-state index is 14.6. The first-order chi connectivity index (χ1) is 11.9. The third-order valence-corrected chi connectivity index (χ3v) is 4.44. The molecule has 1 aliphatic rings. The van der Waals surface area contributed by atoms with Crippen LogP contribution < -0.4 is 5.32 Å². The Kier molecular flexibility index (Phi) is 5.63. The topological polar surface area (TPSA) is 67.8 Å². The minimum atomic E-state index is -1.80. The summed E-state index contributed by atoms with van der Waals surface area (Å²) in [4.78, 5) is 12.4. The molecule has 2 rings (SSSR count). The smallest absolute Gasteiger partial charge is 0.408 e. The molecule has 1 aromatic rings. The van der Waals surface area contributed by atoms with Crippen LogP contribution >= 0.6 is 0 Å². The average molecular weight is 371 g/mol. The zero-order valence-electron chi connectivity index (χ0n) is 15.8. The van der Waals surface area contributed by atoms with Crippen molar-refractivity contribution in [2.24, 2.45) is 5.92 Å². The van der Waals surface area contributed by atoms with Gasteiger partial charge in [-0.05, 0) is 40.7 Å². The van der Waals surface area contributed by atoms with Crippen LogP contribution in [0.15, 0.2) is 24.3 Å². The number of nitrogens with one attached hydrogen (secondary N) is 1. The number of benzene rings is 1. The van der Waals surface area contributed by atoms with Gasteiger partial charge >= 0.3 is 6.09 Å². The molecule has 1 aromatic carbocycles. The first-order valence-electron chi connectivity index (χ1n) is 8.58. The number of halogens is 2. The molecular weight excluding hydrogens is 344 g/mol. The summed E-state index contributed by atoms with van der Waals surface area (Å²) in [5.41, 5.74) is -3.89. The van der Waals surface area contributed by atoms with Gasteiger partial charge in [-0.1, -0.05) is 18.2 Å². The minimum absolute atomic E-state index is 0.122. The average Bonchev–Trinajstić information content (AvgIpc) is 2.84. The van der Waals surface area contributed by atoms with Crippen LogP contribution in [0.3, 0.4) is 0 Å². The maximum absolute atomic E-state index is 14.6. The van der Waals surface area contributed by atoms with Crippen LogP contribution in [0.25, 0.3) is 0 Å². The number of aliphatic hydroxyl groups excluding tert-OH is 1. The van der Waals surface area contributed by atoms with E-state index in [2.05, 4.69) is 5.32 Å². The molecule has 0 aliphatic carbocycles. The Morgan fingerprint density at radius 1 is 1.35 bits per heavy atom. The van der Waals surface area contributed by atoms with E-state index < -0.39 is 47.3 Å². The molecule has 1 amide bonds. The number of rotatable bonds is 4. The fourth-order valence-electron chi connectivity index (χ4n) is 3.41. The molecule has 0 radical (unpaired) electrons. The fourth-order valence-corrected chi connectivity index (χ4v) is 3.41. The monoisotopic (exact) mass is 371 g/mol. The molecule has 3 atom stereocenters. The number of alkyl halides is 1. The van der Waals surface area contributed by atoms with Crippen molar-refractivity contribution < 1.29 is 28.2 Å². The zero-order chi connectivity index (χ0) is 19.8. The molecule has 146 valence electrons. The van der Waals surface area contributed by atoms with Crippen molar-refractivity contribution in [1.29, 1.82) is 0 Å². The number of hydrogen-bond acceptors (Lipinski definition) is 4. The van der Waals surface area contributed by atoms with E-state index in [-0.39, 0.29) is 12.2 Å². The largest absolute Gasteiger partial charge is 0.444 e. The second-order valence-corrected chi connectivity index (χ2v) is 8.16. The summed E-state index contributed by atoms with van der Waals surface area (Å²) in [7, 11) is 0. The lowest BCUT2D eigenvalue weighted by Gasteiger charge is -2.38. The Morgan fingerprint density at radius 2 is 1.96 bits per heavy atom. The molecule has 0 aromatic heterocycles. The molecule has 0 spiro atoms. The van der Waals surface area contributed by atoms with E-state index in [1.54, 1.807) is 26.8 Å². The van der Waals surface area contributed by atoms with E-state index in [1.165, 1.54) is 32.0 Å². The second-order valence-electron chi connectivity index (χ2n) is 8.16. The normalized spacial score (nSPS) is 26.6. The number of aliphatic hydroxyl groups is 1. The highest BCUT2D eigenvalue weighted by Crippen LogP contribution is 2.44. The zero-order valence-corrected chi connectivity index (χ0v) is 15.8. The Labute approximate surface area is 152 Å². The van der Waals surface area contributed by atoms with Gasteiger partial charge in [0.15, 0.2) is 0 Å². The number of carbonyl (C=O) groups excluding carboxylic acids is 1. The summed E-state index contributed by atoms with van der Waals surface area (Å²) >= 11 is 0. The number of amides is 1. The van der Waals surface area contributed by atoms with Gasteiger partial charge in [0.1, 0.15) is 22.6 Å². The lowest BCUT2D eigenvalue weighted by molar-refractivity contribution is -0.0344. The number of hydrogen-bond donors (Lipinski definition) is 2. The maximum Gasteiger partial charge on any atom is 0.408 e. The van der Waals surface area contributed by atoms with Crippen LogP contribution in [-0.4, -0.2) is 41.8 Å². The third kappa shape index (κ3) is 4.15. The van der Waals surface area contributed by atoms with E-state index in [0.717, 1.165) is 0 Å². The van der Waals surface area contributed by atoms with Gasteiger partial charge < -0.3 is 19.9 Å². The van der Waals surface area contributed by atoms with Crippen molar-refractivity contribution in [3.8, 4) is 0 Å². The highest BCUT2D eigenvalue weighted by Gasteiger charge is 2.57. The Balaban J connectivity index is 2.50. The van der Waals surface area contributed by atoms with Crippen molar-refractivity contribution in [2.45, 2.75) is 57.5 Å². The van der Waals surface area contributed by atoms with Crippen LogP contribution in [0, 0.1) is 11.7 Å². The first kappa shape index (κ1) is 20.6. The molecule has 0 unspecified atom stereocenters. The number of alkyl carbamates (subject to hydrolysis) is 1. The van der Waals surface area contributed by atoms with Crippen LogP contribution in [0.1, 0.15) is 40.2 Å². The molecule has 5 nitrogen and oxygen atoms in total. The van der Waals surface area contributed by atoms with Gasteiger partial charge in [-0.2, -0.15) is 0 Å². The van der Waals surface area contributed by atoms with Crippen LogP contribution in [-0.2, 0) is 15.0 Å². The molecule has 7 heteroatoms. The summed E-state index contributed by atoms with van der Waals surface area (Å²) in [6.45, 7) is 7.06. The lowest BCUT2D eigenvalue weighted by Crippen LogP contribution is -2.56. The summed E-state index contributed by atoms with van der Waals surface area (Å²) in [6, 6.07) is 5.86. The number of carbonyl (C=O) groups is 1. The molecule has 1 saturated heterocycles. The highest BCUT2D eigenvalue weighted by molar-refractivity contribution is 5.69. The van der Waals surface area contributed by atoms with E-state index in [4.69, 9.17) is 9.47 Å². The minimum Gasteiger partial charge on any atom is -0.444 e. The lowest BCUT2D eigenvalue weighted by atomic mass is 9.75. The Bertz CT molecular complexity index is 654. The summed E-state index contributed by atoms with van der Waals surface area (Å²) in [5, 5.41) is 12.6. The van der Waals surface area contributed by atoms with Gasteiger partial charge in [0, 0.05) is 11.5 Å². The molecule has 26 heavy (non-hydrogen) atoms. The van der Waals surface area contributed by atoms with Gasteiger partial charge in [0.25, 0.3) is 0 Å². The Morgan fingerprint density at radius 3 is 2.46 bits per heavy atom. The van der Waals surface area contributed by atoms with Crippen LogP contribution in [0.5, 0.6) is 0 Å². The SMILES string of the molecule is CC(C)(C)OC(=O)N[C@@]1(c2ccccc2F)CO[C@H](C(C)(C)F)[C@H]1CO. The molecule has 1 heterocycles. The van der Waals surface area contributed by atoms with Crippen LogP contribution in [0.2, 0.25) is 0 Å². The molecule has 0 bridgehead atoms. The molecule has 1 aliphatic heterocycles. The fraction of sp³-hybridized carbons (Fsp3) is 0.632. The van der Waals surface area contributed by atoms with Gasteiger partial charge in [0.05, 0.1) is 19.3 Å². The molecule has 0 saturated carbocycles. The van der Waals surface area contributed by atoms with Crippen LogP contribution in [0.4, 0.5) is 13.6 Å². The summed E-state index contributed by atoms with van der Waals surface area (Å²) in [6.07, 6.45) is -1.82.